The van der Waals surface area contributed by atoms with Crippen molar-refractivity contribution in [3.63, 3.8) is 0 Å². The minimum absolute atomic E-state index is 0.648. The van der Waals surface area contributed by atoms with Crippen LogP contribution in [0.1, 0.15) is 24.0 Å². The molecule has 0 radical (unpaired) electrons. The molecule has 9 nitrogen and oxygen atoms in total. The van der Waals surface area contributed by atoms with E-state index in [1.807, 2.05) is 7.05 Å². The second-order valence-electron chi connectivity index (χ2n) is 7.87. The van der Waals surface area contributed by atoms with E-state index in [-0.39, 0.29) is 0 Å². The molecule has 3 N–H and O–H groups in total. The maximum atomic E-state index is 6.06. The number of hydrogen-bond donors (Lipinski definition) is 3. The van der Waals surface area contributed by atoms with Gasteiger partial charge in [0.15, 0.2) is 11.6 Å². The fourth-order valence-electron chi connectivity index (χ4n) is 3.30. The number of aliphatic imine (C=N–C) groups is 1. The molecule has 0 spiro atoms. The van der Waals surface area contributed by atoms with E-state index < -0.39 is 0 Å². The number of rotatable bonds is 9. The summed E-state index contributed by atoms with van der Waals surface area (Å²) in [4.78, 5) is 12.9. The van der Waals surface area contributed by atoms with E-state index in [0.717, 1.165) is 46.6 Å². The third kappa shape index (κ3) is 5.42. The van der Waals surface area contributed by atoms with E-state index in [9.17, 15) is 0 Å². The average Bonchev–Trinajstić information content (AvgIpc) is 3.54. The Balaban J connectivity index is 1.26. The lowest BCUT2D eigenvalue weighted by molar-refractivity contribution is 0.296. The summed E-state index contributed by atoms with van der Waals surface area (Å²) in [6, 6.07) is 6.34. The fraction of sp³-hybridized carbons (Fsp3) is 0.455. The topological polar surface area (TPSA) is 101 Å². The van der Waals surface area contributed by atoms with Crippen LogP contribution in [0.5, 0.6) is 5.75 Å². The van der Waals surface area contributed by atoms with Crippen molar-refractivity contribution in [1.29, 1.82) is 0 Å². The van der Waals surface area contributed by atoms with Crippen LogP contribution in [0.4, 0.5) is 5.82 Å². The van der Waals surface area contributed by atoms with Gasteiger partial charge < -0.3 is 20.7 Å². The molecule has 1 aliphatic rings. The van der Waals surface area contributed by atoms with Crippen LogP contribution in [0.3, 0.4) is 0 Å². The van der Waals surface area contributed by atoms with Gasteiger partial charge in [-0.2, -0.15) is 5.10 Å². The van der Waals surface area contributed by atoms with Gasteiger partial charge >= 0.3 is 0 Å². The molecule has 1 fully saturated rings. The van der Waals surface area contributed by atoms with Gasteiger partial charge in [0.2, 0.25) is 0 Å². The molecule has 2 heterocycles. The molecule has 9 heteroatoms. The van der Waals surface area contributed by atoms with Gasteiger partial charge in [0.05, 0.1) is 18.2 Å². The second kappa shape index (κ2) is 9.63. The number of hydrogen-bond acceptors (Lipinski definition) is 6. The molecule has 164 valence electrons. The Morgan fingerprint density at radius 2 is 2.10 bits per heavy atom. The van der Waals surface area contributed by atoms with Crippen LogP contribution in [0.2, 0.25) is 0 Å². The van der Waals surface area contributed by atoms with Gasteiger partial charge in [-0.25, -0.2) is 9.97 Å². The summed E-state index contributed by atoms with van der Waals surface area (Å²) in [6.45, 7) is 4.91. The summed E-state index contributed by atoms with van der Waals surface area (Å²) in [7, 11) is 3.64. The zero-order chi connectivity index (χ0) is 21.6. The molecule has 0 amide bonds. The van der Waals surface area contributed by atoms with Crippen LogP contribution in [0, 0.1) is 12.8 Å². The SMILES string of the molecule is CN=C(NCCNc1ncnc2c1cnn2C)NCc1ccc(C)cc1OCC1CC1. The smallest absolute Gasteiger partial charge is 0.191 e. The highest BCUT2D eigenvalue weighted by Gasteiger charge is 2.22. The van der Waals surface area contributed by atoms with Crippen molar-refractivity contribution >= 4 is 22.8 Å². The molecule has 2 aromatic heterocycles. The van der Waals surface area contributed by atoms with Crippen molar-refractivity contribution in [3.05, 3.63) is 41.9 Å². The molecular weight excluding hydrogens is 392 g/mol. The molecule has 0 saturated heterocycles. The first-order valence-corrected chi connectivity index (χ1v) is 10.7. The summed E-state index contributed by atoms with van der Waals surface area (Å²) < 4.78 is 7.80. The van der Waals surface area contributed by atoms with Crippen LogP contribution < -0.4 is 20.7 Å². The van der Waals surface area contributed by atoms with Crippen LogP contribution >= 0.6 is 0 Å². The second-order valence-corrected chi connectivity index (χ2v) is 7.87. The number of ether oxygens (including phenoxy) is 1. The van der Waals surface area contributed by atoms with Crippen molar-refractivity contribution in [3.8, 4) is 5.75 Å². The van der Waals surface area contributed by atoms with Gasteiger partial charge in [-0.15, -0.1) is 0 Å². The van der Waals surface area contributed by atoms with Gasteiger partial charge in [-0.3, -0.25) is 9.67 Å². The summed E-state index contributed by atoms with van der Waals surface area (Å²) in [6.07, 6.45) is 5.89. The molecule has 1 aliphatic carbocycles. The lowest BCUT2D eigenvalue weighted by Gasteiger charge is -2.16. The Morgan fingerprint density at radius 3 is 2.90 bits per heavy atom. The third-order valence-electron chi connectivity index (χ3n) is 5.30. The van der Waals surface area contributed by atoms with Crippen molar-refractivity contribution in [2.24, 2.45) is 18.0 Å². The van der Waals surface area contributed by atoms with Crippen LogP contribution in [0.25, 0.3) is 11.0 Å². The molecule has 1 saturated carbocycles. The minimum Gasteiger partial charge on any atom is -0.493 e. The van der Waals surface area contributed by atoms with Gasteiger partial charge in [-0.1, -0.05) is 12.1 Å². The van der Waals surface area contributed by atoms with E-state index in [1.54, 1.807) is 24.3 Å². The lowest BCUT2D eigenvalue weighted by atomic mass is 10.1. The van der Waals surface area contributed by atoms with E-state index in [1.165, 1.54) is 18.4 Å². The first-order chi connectivity index (χ1) is 15.1. The summed E-state index contributed by atoms with van der Waals surface area (Å²) in [5.74, 6) is 3.21. The van der Waals surface area contributed by atoms with Crippen molar-refractivity contribution in [2.75, 3.05) is 32.1 Å². The largest absolute Gasteiger partial charge is 0.493 e. The molecular formula is C22H30N8O. The zero-order valence-electron chi connectivity index (χ0n) is 18.4. The molecule has 0 unspecified atom stereocenters. The lowest BCUT2D eigenvalue weighted by Crippen LogP contribution is -2.39. The minimum atomic E-state index is 0.648. The van der Waals surface area contributed by atoms with Gasteiger partial charge in [-0.05, 0) is 37.3 Å². The van der Waals surface area contributed by atoms with Crippen LogP contribution in [-0.4, -0.2) is 52.5 Å². The Hall–Kier alpha value is -3.36. The number of fused-ring (bicyclic) bond motifs is 1. The van der Waals surface area contributed by atoms with Gasteiger partial charge in [0, 0.05) is 39.3 Å². The number of guanidine groups is 1. The molecule has 0 aliphatic heterocycles. The Bertz CT molecular complexity index is 1060. The fourth-order valence-corrected chi connectivity index (χ4v) is 3.30. The summed E-state index contributed by atoms with van der Waals surface area (Å²) in [5.41, 5.74) is 3.14. The van der Waals surface area contributed by atoms with Crippen molar-refractivity contribution < 1.29 is 4.74 Å². The standard InChI is InChI=1S/C22H30N8O/c1-15-4-7-17(19(10-15)31-13-16-5-6-16)11-26-22(23-2)25-9-8-24-20-18-12-29-30(3)21(18)28-14-27-20/h4,7,10,12,14,16H,5-6,8-9,11,13H2,1-3H3,(H2,23,25,26)(H,24,27,28). The summed E-state index contributed by atoms with van der Waals surface area (Å²) in [5, 5.41) is 15.2. The highest BCUT2D eigenvalue weighted by Crippen LogP contribution is 2.30. The number of aromatic nitrogens is 4. The monoisotopic (exact) mass is 422 g/mol. The molecule has 31 heavy (non-hydrogen) atoms. The molecule has 4 rings (SSSR count). The zero-order valence-corrected chi connectivity index (χ0v) is 18.4. The Kier molecular flexibility index (Phi) is 6.49. The number of nitrogens with one attached hydrogen (secondary N) is 3. The third-order valence-corrected chi connectivity index (χ3v) is 5.30. The van der Waals surface area contributed by atoms with Crippen molar-refractivity contribution in [1.82, 2.24) is 30.4 Å². The first-order valence-electron chi connectivity index (χ1n) is 10.7. The predicted molar refractivity (Wildman–Crippen MR) is 122 cm³/mol. The summed E-state index contributed by atoms with van der Waals surface area (Å²) >= 11 is 0. The normalized spacial score (nSPS) is 14.0. The van der Waals surface area contributed by atoms with E-state index >= 15 is 0 Å². The van der Waals surface area contributed by atoms with E-state index in [2.05, 4.69) is 61.1 Å². The Labute approximate surface area is 182 Å². The first kappa shape index (κ1) is 20.9. The number of aryl methyl sites for hydroxylation is 2. The highest BCUT2D eigenvalue weighted by atomic mass is 16.5. The maximum absolute atomic E-state index is 6.06. The van der Waals surface area contributed by atoms with Gasteiger partial charge in [0.1, 0.15) is 17.9 Å². The van der Waals surface area contributed by atoms with Crippen molar-refractivity contribution in [2.45, 2.75) is 26.3 Å². The predicted octanol–water partition coefficient (Wildman–Crippen LogP) is 2.24. The maximum Gasteiger partial charge on any atom is 0.191 e. The number of anilines is 1. The van der Waals surface area contributed by atoms with E-state index in [0.29, 0.717) is 19.6 Å². The quantitative estimate of drug-likeness (QED) is 0.276. The average molecular weight is 423 g/mol. The van der Waals surface area contributed by atoms with E-state index in [4.69, 9.17) is 4.74 Å². The number of benzene rings is 1. The molecule has 3 aromatic rings. The molecule has 0 atom stereocenters. The molecule has 0 bridgehead atoms. The van der Waals surface area contributed by atoms with Crippen LogP contribution in [0.15, 0.2) is 35.7 Å². The Morgan fingerprint density at radius 1 is 1.23 bits per heavy atom. The van der Waals surface area contributed by atoms with Crippen LogP contribution in [-0.2, 0) is 13.6 Å². The molecule has 1 aromatic carbocycles. The highest BCUT2D eigenvalue weighted by molar-refractivity contribution is 5.86. The number of nitrogens with zero attached hydrogens (tertiary/aromatic N) is 5. The van der Waals surface area contributed by atoms with Gasteiger partial charge in [0.25, 0.3) is 0 Å².